The van der Waals surface area contributed by atoms with Gasteiger partial charge in [0.2, 0.25) is 6.29 Å². The summed E-state index contributed by atoms with van der Waals surface area (Å²) in [6, 6.07) is 0. The Kier molecular flexibility index (Phi) is 38.0. The van der Waals surface area contributed by atoms with E-state index in [1.807, 2.05) is 0 Å². The van der Waals surface area contributed by atoms with Crippen molar-refractivity contribution in [1.29, 1.82) is 0 Å². The molecular weight excluding hydrogens is 352 g/mol. The summed E-state index contributed by atoms with van der Waals surface area (Å²) in [5.41, 5.74) is 0. The summed E-state index contributed by atoms with van der Waals surface area (Å²) in [4.78, 5) is 0. The third-order valence-corrected chi connectivity index (χ3v) is 4.54. The molecule has 4 heteroatoms. The van der Waals surface area contributed by atoms with Gasteiger partial charge in [0.05, 0.1) is 12.5 Å². The van der Waals surface area contributed by atoms with Gasteiger partial charge in [0.1, 0.15) is 0 Å². The van der Waals surface area contributed by atoms with Crippen LogP contribution >= 0.6 is 0 Å². The molecule has 1 fully saturated rings. The van der Waals surface area contributed by atoms with Crippen LogP contribution in [0.15, 0.2) is 25.7 Å². The quantitative estimate of drug-likeness (QED) is 0.185. The average molecular weight is 403 g/mol. The summed E-state index contributed by atoms with van der Waals surface area (Å²) < 4.78 is 10.4. The van der Waals surface area contributed by atoms with Gasteiger partial charge in [-0.05, 0) is 6.42 Å². The van der Waals surface area contributed by atoms with Crippen LogP contribution in [0, 0.1) is 0 Å². The Morgan fingerprint density at radius 3 is 1.29 bits per heavy atom. The number of rotatable bonds is 14. The highest BCUT2D eigenvalue weighted by molar-refractivity contribution is 4.59. The van der Waals surface area contributed by atoms with Crippen LogP contribution in [0.3, 0.4) is 0 Å². The van der Waals surface area contributed by atoms with Gasteiger partial charge in [-0.1, -0.05) is 110 Å². The van der Waals surface area contributed by atoms with Gasteiger partial charge in [0.25, 0.3) is 0 Å². The van der Waals surface area contributed by atoms with Gasteiger partial charge in [0, 0.05) is 20.6 Å². The number of unbranched alkanes of at least 4 members (excludes halogenated alkanes) is 8. The Labute approximate surface area is 176 Å². The molecule has 4 nitrogen and oxygen atoms in total. The Balaban J connectivity index is -0.000000512. The molecule has 28 heavy (non-hydrogen) atoms. The van der Waals surface area contributed by atoms with Gasteiger partial charge in [-0.3, -0.25) is 0 Å². The molecule has 0 aliphatic heterocycles. The third kappa shape index (κ3) is 29.8. The van der Waals surface area contributed by atoms with E-state index >= 15 is 0 Å². The Morgan fingerprint density at radius 2 is 0.964 bits per heavy atom. The Bertz CT molecular complexity index is 244. The lowest BCUT2D eigenvalue weighted by Crippen LogP contribution is -2.11. The van der Waals surface area contributed by atoms with Gasteiger partial charge in [-0.15, -0.1) is 0 Å². The number of ether oxygens (including phenoxy) is 2. The number of aliphatic hydroxyl groups excluding tert-OH is 2. The Morgan fingerprint density at radius 1 is 0.643 bits per heavy atom. The molecule has 1 aliphatic rings. The lowest BCUT2D eigenvalue weighted by molar-refractivity contribution is -0.0664. The minimum atomic E-state index is -0.204. The van der Waals surface area contributed by atoms with E-state index in [0.29, 0.717) is 0 Å². The summed E-state index contributed by atoms with van der Waals surface area (Å²) in [5, 5.41) is 14.0. The van der Waals surface area contributed by atoms with E-state index in [2.05, 4.69) is 20.1 Å². The standard InChI is InChI=1S/C16H30O2.C6H12.2CH4O/c1-4-7-8-9-10-11-12-13-14-15-16(17-5-2)18-6-3;1-2-4-6-5-3-1;2*1-2/h5-6,16H,2-4,7-15H2,1H3;1-6H2;2*2H,1H3. The second-order valence-electron chi connectivity index (χ2n) is 6.77. The highest BCUT2D eigenvalue weighted by Crippen LogP contribution is 2.15. The number of hydrogen-bond acceptors (Lipinski definition) is 4. The Hall–Kier alpha value is -1.00. The third-order valence-electron chi connectivity index (χ3n) is 4.54. The average Bonchev–Trinajstić information content (AvgIpc) is 2.77. The molecule has 0 amide bonds. The second-order valence-corrected chi connectivity index (χ2v) is 6.77. The van der Waals surface area contributed by atoms with Gasteiger partial charge in [0.15, 0.2) is 0 Å². The molecule has 0 aromatic heterocycles. The molecule has 1 aliphatic carbocycles. The van der Waals surface area contributed by atoms with Crippen molar-refractivity contribution >= 4 is 0 Å². The molecule has 0 aromatic carbocycles. The monoisotopic (exact) mass is 402 g/mol. The van der Waals surface area contributed by atoms with Crippen LogP contribution in [0.4, 0.5) is 0 Å². The minimum absolute atomic E-state index is 0.204. The summed E-state index contributed by atoms with van der Waals surface area (Å²) >= 11 is 0. The minimum Gasteiger partial charge on any atom is -0.463 e. The summed E-state index contributed by atoms with van der Waals surface area (Å²) in [6.07, 6.45) is 24.5. The highest BCUT2D eigenvalue weighted by atomic mass is 16.7. The van der Waals surface area contributed by atoms with Crippen LogP contribution in [0.1, 0.15) is 110 Å². The molecule has 1 rings (SSSR count). The van der Waals surface area contributed by atoms with Gasteiger partial charge >= 0.3 is 0 Å². The summed E-state index contributed by atoms with van der Waals surface area (Å²) in [7, 11) is 2.00. The first kappa shape index (κ1) is 31.7. The molecule has 0 saturated heterocycles. The van der Waals surface area contributed by atoms with Gasteiger partial charge in [-0.25, -0.2) is 0 Å². The zero-order chi connectivity index (χ0) is 21.7. The van der Waals surface area contributed by atoms with Crippen molar-refractivity contribution in [1.82, 2.24) is 0 Å². The maximum absolute atomic E-state index is 7.00. The van der Waals surface area contributed by atoms with Gasteiger partial charge < -0.3 is 19.7 Å². The van der Waals surface area contributed by atoms with E-state index in [4.69, 9.17) is 19.7 Å². The lowest BCUT2D eigenvalue weighted by atomic mass is 10.0. The summed E-state index contributed by atoms with van der Waals surface area (Å²) in [6.45, 7) is 9.34. The van der Waals surface area contributed by atoms with Crippen molar-refractivity contribution in [3.63, 3.8) is 0 Å². The second kappa shape index (κ2) is 33.6. The topological polar surface area (TPSA) is 58.9 Å². The zero-order valence-corrected chi connectivity index (χ0v) is 19.2. The maximum atomic E-state index is 7.00. The molecule has 0 unspecified atom stereocenters. The van der Waals surface area contributed by atoms with Crippen LogP contribution in [0.5, 0.6) is 0 Å². The zero-order valence-electron chi connectivity index (χ0n) is 19.2. The van der Waals surface area contributed by atoms with Crippen LogP contribution < -0.4 is 0 Å². The van der Waals surface area contributed by atoms with E-state index in [9.17, 15) is 0 Å². The maximum Gasteiger partial charge on any atom is 0.239 e. The van der Waals surface area contributed by atoms with Crippen LogP contribution in [-0.4, -0.2) is 30.7 Å². The SMILES string of the molecule is C1CCCCC1.C=COC(CCCCCCCCCCC)OC=C.CO.CO. The van der Waals surface area contributed by atoms with Crippen LogP contribution in [-0.2, 0) is 9.47 Å². The molecule has 0 bridgehead atoms. The summed E-state index contributed by atoms with van der Waals surface area (Å²) in [5.74, 6) is 0. The van der Waals surface area contributed by atoms with E-state index in [0.717, 1.165) is 27.1 Å². The van der Waals surface area contributed by atoms with Crippen molar-refractivity contribution in [3.8, 4) is 0 Å². The smallest absolute Gasteiger partial charge is 0.239 e. The van der Waals surface area contributed by atoms with E-state index in [-0.39, 0.29) is 6.29 Å². The lowest BCUT2D eigenvalue weighted by Gasteiger charge is -2.15. The molecule has 2 N–H and O–H groups in total. The van der Waals surface area contributed by atoms with E-state index < -0.39 is 0 Å². The normalized spacial score (nSPS) is 12.2. The van der Waals surface area contributed by atoms with Crippen LogP contribution in [0.2, 0.25) is 0 Å². The molecular formula is C24H50O4. The van der Waals surface area contributed by atoms with Crippen molar-refractivity contribution in [2.24, 2.45) is 0 Å². The number of hydrogen-bond donors (Lipinski definition) is 2. The van der Waals surface area contributed by atoms with Crippen LogP contribution in [0.25, 0.3) is 0 Å². The molecule has 1 saturated carbocycles. The molecule has 170 valence electrons. The highest BCUT2D eigenvalue weighted by Gasteiger charge is 2.06. The predicted octanol–water partition coefficient (Wildman–Crippen LogP) is 7.11. The van der Waals surface area contributed by atoms with Crippen molar-refractivity contribution in [2.45, 2.75) is 116 Å². The fraction of sp³-hybridized carbons (Fsp3) is 0.833. The fourth-order valence-electron chi connectivity index (χ4n) is 3.07. The first-order valence-corrected chi connectivity index (χ1v) is 11.3. The molecule has 0 spiro atoms. The van der Waals surface area contributed by atoms with E-state index in [1.54, 1.807) is 0 Å². The van der Waals surface area contributed by atoms with Crippen molar-refractivity contribution in [2.75, 3.05) is 14.2 Å². The molecule has 0 heterocycles. The fourth-order valence-corrected chi connectivity index (χ4v) is 3.07. The largest absolute Gasteiger partial charge is 0.463 e. The molecule has 0 radical (unpaired) electrons. The van der Waals surface area contributed by atoms with Gasteiger partial charge in [-0.2, -0.15) is 0 Å². The molecule has 0 aromatic rings. The van der Waals surface area contributed by atoms with Crippen molar-refractivity contribution < 1.29 is 19.7 Å². The molecule has 0 atom stereocenters. The number of aliphatic hydroxyl groups is 2. The van der Waals surface area contributed by atoms with E-state index in [1.165, 1.54) is 102 Å². The first-order valence-electron chi connectivity index (χ1n) is 11.3. The van der Waals surface area contributed by atoms with Crippen molar-refractivity contribution in [3.05, 3.63) is 25.7 Å². The predicted molar refractivity (Wildman–Crippen MR) is 122 cm³/mol. The first-order chi connectivity index (χ1) is 13.8.